The molecule has 0 spiro atoms. The molecule has 1 aromatic rings. The van der Waals surface area contributed by atoms with Crippen LogP contribution in [0.1, 0.15) is 5.56 Å². The Kier molecular flexibility index (Phi) is 3.11. The molecule has 0 bridgehead atoms. The number of carbonyl (C=O) groups is 1. The summed E-state index contributed by atoms with van der Waals surface area (Å²) in [6, 6.07) is 7.08. The highest BCUT2D eigenvalue weighted by Crippen LogP contribution is 2.16. The van der Waals surface area contributed by atoms with Gasteiger partial charge in [0.05, 0.1) is 7.11 Å². The van der Waals surface area contributed by atoms with Crippen molar-refractivity contribution in [2.75, 3.05) is 7.11 Å². The van der Waals surface area contributed by atoms with E-state index in [9.17, 15) is 4.79 Å². The van der Waals surface area contributed by atoms with Crippen LogP contribution in [0.5, 0.6) is 0 Å². The van der Waals surface area contributed by atoms with Crippen LogP contribution in [0.25, 0.3) is 0 Å². The van der Waals surface area contributed by atoms with Crippen molar-refractivity contribution in [3.05, 3.63) is 41.3 Å². The molecule has 0 saturated heterocycles. The average Bonchev–Trinajstić information content (AvgIpc) is 2.09. The Balaban J connectivity index is 2.75. The summed E-state index contributed by atoms with van der Waals surface area (Å²) < 4.78 is 4.46. The molecule has 63 valence electrons. The fraction of sp³-hybridized carbons (Fsp3) is 0.111. The van der Waals surface area contributed by atoms with E-state index in [0.29, 0.717) is 10.6 Å². The second-order valence-electron chi connectivity index (χ2n) is 2.19. The number of ether oxygens (including phenoxy) is 1. The van der Waals surface area contributed by atoms with Gasteiger partial charge in [-0.25, -0.2) is 0 Å². The van der Waals surface area contributed by atoms with E-state index in [1.165, 1.54) is 13.5 Å². The van der Waals surface area contributed by atoms with E-state index in [4.69, 9.17) is 11.6 Å². The third-order valence-corrected chi connectivity index (χ3v) is 1.72. The average molecular weight is 184 g/mol. The number of hydrogen-bond acceptors (Lipinski definition) is 2. The Bertz CT molecular complexity index is 284. The molecule has 2 nitrogen and oxygen atoms in total. The molecule has 1 radical (unpaired) electrons. The van der Waals surface area contributed by atoms with Crippen molar-refractivity contribution < 1.29 is 9.53 Å². The monoisotopic (exact) mass is 183 g/mol. The molecule has 3 heteroatoms. The molecule has 0 aliphatic heterocycles. The second kappa shape index (κ2) is 4.12. The predicted octanol–water partition coefficient (Wildman–Crippen LogP) is 2.07. The number of methoxy groups -OCH3 is 1. The molecule has 0 unspecified atom stereocenters. The van der Waals surface area contributed by atoms with E-state index < -0.39 is 5.97 Å². The SMILES string of the molecule is COC(=O)[CH]c1ccccc1Cl. The quantitative estimate of drug-likeness (QED) is 0.657. The van der Waals surface area contributed by atoms with Crippen molar-refractivity contribution in [3.8, 4) is 0 Å². The minimum Gasteiger partial charge on any atom is -0.469 e. The van der Waals surface area contributed by atoms with Gasteiger partial charge in [-0.05, 0) is 11.6 Å². The predicted molar refractivity (Wildman–Crippen MR) is 46.9 cm³/mol. The second-order valence-corrected chi connectivity index (χ2v) is 2.60. The van der Waals surface area contributed by atoms with Gasteiger partial charge in [0.15, 0.2) is 0 Å². The highest BCUT2D eigenvalue weighted by atomic mass is 35.5. The van der Waals surface area contributed by atoms with Crippen LogP contribution in [0.2, 0.25) is 5.02 Å². The highest BCUT2D eigenvalue weighted by Gasteiger charge is 2.05. The van der Waals surface area contributed by atoms with Gasteiger partial charge in [0.25, 0.3) is 0 Å². The van der Waals surface area contributed by atoms with Crippen LogP contribution in [-0.4, -0.2) is 13.1 Å². The van der Waals surface area contributed by atoms with E-state index in [0.717, 1.165) is 0 Å². The first-order valence-corrected chi connectivity index (χ1v) is 3.79. The van der Waals surface area contributed by atoms with Crippen LogP contribution < -0.4 is 0 Å². The minimum atomic E-state index is -0.400. The lowest BCUT2D eigenvalue weighted by Crippen LogP contribution is -2.01. The largest absolute Gasteiger partial charge is 0.469 e. The molecule has 1 aromatic carbocycles. The summed E-state index contributed by atoms with van der Waals surface area (Å²) in [6.45, 7) is 0. The first-order chi connectivity index (χ1) is 5.74. The third-order valence-electron chi connectivity index (χ3n) is 1.38. The maximum Gasteiger partial charge on any atom is 0.314 e. The summed E-state index contributed by atoms with van der Waals surface area (Å²) in [7, 11) is 1.33. The van der Waals surface area contributed by atoms with Crippen LogP contribution in [0, 0.1) is 6.42 Å². The maximum absolute atomic E-state index is 10.8. The Hall–Kier alpha value is -1.02. The van der Waals surface area contributed by atoms with Crippen molar-refractivity contribution >= 4 is 17.6 Å². The summed E-state index contributed by atoms with van der Waals surface area (Å²) in [5.41, 5.74) is 0.672. The van der Waals surface area contributed by atoms with Gasteiger partial charge in [0, 0.05) is 5.02 Å². The van der Waals surface area contributed by atoms with E-state index >= 15 is 0 Å². The molecule has 12 heavy (non-hydrogen) atoms. The van der Waals surface area contributed by atoms with Gasteiger partial charge in [0.1, 0.15) is 6.42 Å². The number of esters is 1. The van der Waals surface area contributed by atoms with E-state index in [1.807, 2.05) is 0 Å². The summed E-state index contributed by atoms with van der Waals surface area (Å²) in [4.78, 5) is 10.8. The number of carbonyl (C=O) groups excluding carboxylic acids is 1. The Morgan fingerprint density at radius 1 is 1.50 bits per heavy atom. The molecule has 0 heterocycles. The molecule has 0 N–H and O–H groups in total. The number of hydrogen-bond donors (Lipinski definition) is 0. The van der Waals surface area contributed by atoms with Crippen LogP contribution in [0.4, 0.5) is 0 Å². The van der Waals surface area contributed by atoms with Gasteiger partial charge in [-0.3, -0.25) is 4.79 Å². The fourth-order valence-corrected chi connectivity index (χ4v) is 0.968. The van der Waals surface area contributed by atoms with Gasteiger partial charge in [-0.1, -0.05) is 29.8 Å². The lowest BCUT2D eigenvalue weighted by atomic mass is 10.1. The molecular weight excluding hydrogens is 176 g/mol. The molecule has 0 saturated carbocycles. The van der Waals surface area contributed by atoms with E-state index in [-0.39, 0.29) is 0 Å². The number of benzene rings is 1. The molecule has 0 aliphatic rings. The van der Waals surface area contributed by atoms with Crippen LogP contribution >= 0.6 is 11.6 Å². The van der Waals surface area contributed by atoms with Crippen molar-refractivity contribution in [2.45, 2.75) is 0 Å². The Morgan fingerprint density at radius 3 is 2.75 bits per heavy atom. The third kappa shape index (κ3) is 2.24. The summed E-state index contributed by atoms with van der Waals surface area (Å²) in [5, 5.41) is 0.544. The topological polar surface area (TPSA) is 26.3 Å². The van der Waals surface area contributed by atoms with Crippen LogP contribution in [-0.2, 0) is 9.53 Å². The smallest absolute Gasteiger partial charge is 0.314 e. The minimum absolute atomic E-state index is 0.400. The first-order valence-electron chi connectivity index (χ1n) is 3.41. The van der Waals surface area contributed by atoms with Crippen molar-refractivity contribution in [1.29, 1.82) is 0 Å². The first kappa shape index (κ1) is 9.07. The Morgan fingerprint density at radius 2 is 2.17 bits per heavy atom. The summed E-state index contributed by atoms with van der Waals surface area (Å²) in [5.74, 6) is -0.400. The number of rotatable bonds is 2. The van der Waals surface area contributed by atoms with Gasteiger partial charge >= 0.3 is 5.97 Å². The van der Waals surface area contributed by atoms with E-state index in [1.54, 1.807) is 24.3 Å². The molecule has 0 aromatic heterocycles. The van der Waals surface area contributed by atoms with Gasteiger partial charge in [0.2, 0.25) is 0 Å². The molecule has 0 atom stereocenters. The standard InChI is InChI=1S/C9H8ClO2/c1-12-9(11)6-7-4-2-3-5-8(7)10/h2-6H,1H3. The normalized spacial score (nSPS) is 9.50. The van der Waals surface area contributed by atoms with Crippen LogP contribution in [0.3, 0.4) is 0 Å². The molecule has 1 rings (SSSR count). The molecule has 0 amide bonds. The zero-order chi connectivity index (χ0) is 8.97. The maximum atomic E-state index is 10.8. The summed E-state index contributed by atoms with van der Waals surface area (Å²) in [6.07, 6.45) is 1.35. The van der Waals surface area contributed by atoms with Crippen molar-refractivity contribution in [1.82, 2.24) is 0 Å². The van der Waals surface area contributed by atoms with Gasteiger partial charge in [-0.2, -0.15) is 0 Å². The van der Waals surface area contributed by atoms with Crippen LogP contribution in [0.15, 0.2) is 24.3 Å². The van der Waals surface area contributed by atoms with Crippen molar-refractivity contribution in [3.63, 3.8) is 0 Å². The summed E-state index contributed by atoms with van der Waals surface area (Å²) >= 11 is 5.79. The fourth-order valence-electron chi connectivity index (χ4n) is 0.778. The molecule has 0 aliphatic carbocycles. The van der Waals surface area contributed by atoms with Gasteiger partial charge < -0.3 is 4.74 Å². The lowest BCUT2D eigenvalue weighted by molar-refractivity contribution is -0.136. The van der Waals surface area contributed by atoms with Gasteiger partial charge in [-0.15, -0.1) is 0 Å². The zero-order valence-corrected chi connectivity index (χ0v) is 7.34. The van der Waals surface area contributed by atoms with Crippen molar-refractivity contribution in [2.24, 2.45) is 0 Å². The highest BCUT2D eigenvalue weighted by molar-refractivity contribution is 6.31. The van der Waals surface area contributed by atoms with E-state index in [2.05, 4.69) is 4.74 Å². The lowest BCUT2D eigenvalue weighted by Gasteiger charge is -2.00. The molecule has 0 fully saturated rings. The Labute approximate surface area is 76.1 Å². The zero-order valence-electron chi connectivity index (χ0n) is 6.58. The molecular formula is C9H8ClO2. The number of halogens is 1.